The average Bonchev–Trinajstić information content (AvgIpc) is 3.98. The molecule has 1 saturated heterocycles. The number of aromatic hydroxyl groups is 2. The van der Waals surface area contributed by atoms with E-state index in [0.29, 0.717) is 11.7 Å². The summed E-state index contributed by atoms with van der Waals surface area (Å²) >= 11 is 0. The summed E-state index contributed by atoms with van der Waals surface area (Å²) in [6.45, 7) is 30.8. The molecule has 1 atom stereocenters. The van der Waals surface area contributed by atoms with Crippen LogP contribution in [-0.2, 0) is 20.4 Å². The van der Waals surface area contributed by atoms with Crippen LogP contribution in [0.15, 0.2) is 97.1 Å². The van der Waals surface area contributed by atoms with Gasteiger partial charge < -0.3 is 34.4 Å². The van der Waals surface area contributed by atoms with Gasteiger partial charge in [-0.25, -0.2) is 0 Å². The van der Waals surface area contributed by atoms with E-state index in [4.69, 9.17) is 19.5 Å². The van der Waals surface area contributed by atoms with Gasteiger partial charge in [-0.15, -0.1) is 0 Å². The summed E-state index contributed by atoms with van der Waals surface area (Å²) in [6.07, 6.45) is 0.376. The number of aliphatic hydroxyl groups is 1. The van der Waals surface area contributed by atoms with Crippen molar-refractivity contribution in [1.29, 1.82) is 0 Å². The summed E-state index contributed by atoms with van der Waals surface area (Å²) in [5.41, 5.74) is 7.55. The van der Waals surface area contributed by atoms with Gasteiger partial charge in [-0.3, -0.25) is 0 Å². The van der Waals surface area contributed by atoms with E-state index in [9.17, 15) is 10.2 Å². The lowest BCUT2D eigenvalue weighted by Crippen LogP contribution is -2.45. The zero-order valence-electron chi connectivity index (χ0n) is 35.6. The van der Waals surface area contributed by atoms with E-state index in [1.165, 1.54) is 16.7 Å². The molecule has 304 valence electrons. The van der Waals surface area contributed by atoms with Gasteiger partial charge in [0.1, 0.15) is 35.9 Å². The third-order valence-electron chi connectivity index (χ3n) is 9.18. The van der Waals surface area contributed by atoms with Gasteiger partial charge in [0.15, 0.2) is 0 Å². The largest absolute Gasteiger partial charge is 0.508 e. The Bertz CT molecular complexity index is 1600. The number of hydroxylamine groups is 1. The Morgan fingerprint density at radius 2 is 0.945 bits per heavy atom. The number of aliphatic hydroxyl groups excluding tert-OH is 1. The second-order valence-corrected chi connectivity index (χ2v) is 16.5. The minimum atomic E-state index is -0.142. The number of rotatable bonds is 11. The van der Waals surface area contributed by atoms with Gasteiger partial charge in [-0.2, -0.15) is 5.48 Å². The lowest BCUT2D eigenvalue weighted by atomic mass is 9.78. The SMILES string of the molecule is C=O.CC(C)C.CC(C)C(C)(C)NOc1ccc(C(C)(C)c2ccc(O)cc2)cc1.CC(C)Oc1ccc(C(C)(C)c2ccc(O)cc2)cc1.OCC1CO1. The topological polar surface area (TPSA) is 121 Å². The summed E-state index contributed by atoms with van der Waals surface area (Å²) in [6, 6.07) is 31.2. The maximum Gasteiger partial charge on any atom is 0.147 e. The Kier molecular flexibility index (Phi) is 20.2. The molecule has 0 spiro atoms. The van der Waals surface area contributed by atoms with E-state index in [1.54, 1.807) is 24.3 Å². The summed E-state index contributed by atoms with van der Waals surface area (Å²) in [5.74, 6) is 3.58. The van der Waals surface area contributed by atoms with Crippen molar-refractivity contribution in [1.82, 2.24) is 5.48 Å². The molecule has 5 rings (SSSR count). The molecule has 1 aliphatic rings. The standard InChI is InChI=1S/C21H29NO2.C18H22O2.C4H10.C3H6O2.CH2O/c1-15(2)21(5,6)22-24-19-13-9-17(10-14-19)20(3,4)16-7-11-18(23)12-8-16;1-13(2)20-17-11-7-15(8-12-17)18(3,4)14-5-9-16(19)10-6-14;1-4(2)3;4-1-3-2-5-3;1-2/h7-15,22-23H,1-6H3;5-13,19H,1-4H3;4H,1-3H3;3-4H,1-2H2;1H2. The molecule has 1 aliphatic heterocycles. The lowest BCUT2D eigenvalue weighted by Gasteiger charge is -2.30. The van der Waals surface area contributed by atoms with Gasteiger partial charge in [0, 0.05) is 10.8 Å². The fourth-order valence-corrected chi connectivity index (χ4v) is 4.73. The molecular formula is C47H69NO7. The van der Waals surface area contributed by atoms with Gasteiger partial charge in [0.05, 0.1) is 24.9 Å². The number of phenols is 2. The molecule has 0 saturated carbocycles. The highest BCUT2D eigenvalue weighted by atomic mass is 16.6. The molecule has 0 aliphatic carbocycles. The van der Waals surface area contributed by atoms with E-state index in [0.717, 1.165) is 29.6 Å². The molecule has 1 heterocycles. The first-order valence-electron chi connectivity index (χ1n) is 19.1. The van der Waals surface area contributed by atoms with E-state index in [1.807, 2.05) is 69.2 Å². The summed E-state index contributed by atoms with van der Waals surface area (Å²) < 4.78 is 10.3. The Labute approximate surface area is 331 Å². The maximum atomic E-state index is 9.47. The monoisotopic (exact) mass is 760 g/mol. The minimum Gasteiger partial charge on any atom is -0.508 e. The third kappa shape index (κ3) is 17.3. The molecular weight excluding hydrogens is 691 g/mol. The van der Waals surface area contributed by atoms with Crippen LogP contribution in [0.2, 0.25) is 0 Å². The van der Waals surface area contributed by atoms with E-state index < -0.39 is 0 Å². The molecule has 8 nitrogen and oxygen atoms in total. The van der Waals surface area contributed by atoms with E-state index >= 15 is 0 Å². The zero-order chi connectivity index (χ0) is 42.0. The third-order valence-corrected chi connectivity index (χ3v) is 9.18. The highest BCUT2D eigenvalue weighted by Gasteiger charge is 2.25. The molecule has 8 heteroatoms. The van der Waals surface area contributed by atoms with Crippen LogP contribution in [0, 0.1) is 11.8 Å². The van der Waals surface area contributed by atoms with Crippen LogP contribution < -0.4 is 15.1 Å². The van der Waals surface area contributed by atoms with Gasteiger partial charge >= 0.3 is 0 Å². The van der Waals surface area contributed by atoms with Gasteiger partial charge in [-0.05, 0) is 110 Å². The smallest absolute Gasteiger partial charge is 0.147 e. The summed E-state index contributed by atoms with van der Waals surface area (Å²) in [4.78, 5) is 13.7. The van der Waals surface area contributed by atoms with Crippen LogP contribution in [0.5, 0.6) is 23.0 Å². The van der Waals surface area contributed by atoms with Crippen LogP contribution in [-0.4, -0.2) is 53.1 Å². The summed E-state index contributed by atoms with van der Waals surface area (Å²) in [5, 5.41) is 26.9. The van der Waals surface area contributed by atoms with Gasteiger partial charge in [0.25, 0.3) is 0 Å². The van der Waals surface area contributed by atoms with Crippen LogP contribution >= 0.6 is 0 Å². The maximum absolute atomic E-state index is 9.47. The molecule has 4 N–H and O–H groups in total. The Balaban J connectivity index is 0.000000436. The van der Waals surface area contributed by atoms with Gasteiger partial charge in [0.2, 0.25) is 0 Å². The predicted molar refractivity (Wildman–Crippen MR) is 226 cm³/mol. The normalized spacial score (nSPS) is 13.5. The molecule has 1 unspecified atom stereocenters. The Morgan fingerprint density at radius 1 is 0.636 bits per heavy atom. The Hall–Kier alpha value is -4.37. The highest BCUT2D eigenvalue weighted by molar-refractivity contribution is 5.43. The number of nitrogens with one attached hydrogen (secondary N) is 1. The van der Waals surface area contributed by atoms with Crippen LogP contribution in [0.25, 0.3) is 0 Å². The van der Waals surface area contributed by atoms with Crippen LogP contribution in [0.4, 0.5) is 0 Å². The van der Waals surface area contributed by atoms with Crippen LogP contribution in [0.1, 0.15) is 112 Å². The first-order chi connectivity index (χ1) is 25.7. The minimum absolute atomic E-state index is 0.0933. The molecule has 1 fully saturated rings. The first kappa shape index (κ1) is 48.6. The second kappa shape index (κ2) is 22.9. The second-order valence-electron chi connectivity index (χ2n) is 16.5. The number of carbonyl (C=O) groups excluding carboxylic acids is 1. The number of carbonyl (C=O) groups is 1. The van der Waals surface area contributed by atoms with Crippen molar-refractivity contribution in [2.45, 2.75) is 119 Å². The number of epoxide rings is 1. The fourth-order valence-electron chi connectivity index (χ4n) is 4.73. The molecule has 4 aromatic carbocycles. The first-order valence-corrected chi connectivity index (χ1v) is 19.1. The lowest BCUT2D eigenvalue weighted by molar-refractivity contribution is -0.0980. The van der Waals surface area contributed by atoms with Crippen molar-refractivity contribution >= 4 is 6.79 Å². The van der Waals surface area contributed by atoms with E-state index in [2.05, 4.69) is 111 Å². The van der Waals surface area contributed by atoms with Crippen molar-refractivity contribution in [2.24, 2.45) is 11.8 Å². The molecule has 4 aromatic rings. The highest BCUT2D eigenvalue weighted by Crippen LogP contribution is 2.34. The molecule has 0 bridgehead atoms. The van der Waals surface area contributed by atoms with Crippen molar-refractivity contribution in [3.8, 4) is 23.0 Å². The van der Waals surface area contributed by atoms with Crippen LogP contribution in [0.3, 0.4) is 0 Å². The van der Waals surface area contributed by atoms with Crippen molar-refractivity contribution < 1.29 is 34.4 Å². The molecule has 0 amide bonds. The van der Waals surface area contributed by atoms with E-state index in [-0.39, 0.29) is 40.9 Å². The van der Waals surface area contributed by atoms with Crippen molar-refractivity contribution in [2.75, 3.05) is 13.2 Å². The fraction of sp³-hybridized carbons (Fsp3) is 0.468. The number of phenolic OH excluding ortho intramolecular Hbond substituents is 2. The quantitative estimate of drug-likeness (QED) is 0.0881. The number of hydrogen-bond donors (Lipinski definition) is 4. The predicted octanol–water partition coefficient (Wildman–Crippen LogP) is 10.4. The van der Waals surface area contributed by atoms with Gasteiger partial charge in [-0.1, -0.05) is 111 Å². The number of hydrogen-bond acceptors (Lipinski definition) is 8. The molecule has 0 aromatic heterocycles. The summed E-state index contributed by atoms with van der Waals surface area (Å²) in [7, 11) is 0. The number of benzene rings is 4. The Morgan fingerprint density at radius 3 is 1.20 bits per heavy atom. The molecule has 55 heavy (non-hydrogen) atoms. The average molecular weight is 760 g/mol. The number of ether oxygens (including phenoxy) is 2. The molecule has 0 radical (unpaired) electrons. The van der Waals surface area contributed by atoms with Crippen molar-refractivity contribution in [3.05, 3.63) is 119 Å². The zero-order valence-corrected chi connectivity index (χ0v) is 35.6. The van der Waals surface area contributed by atoms with Crippen molar-refractivity contribution in [3.63, 3.8) is 0 Å².